The molecule has 1 saturated heterocycles. The molecule has 0 aliphatic carbocycles. The summed E-state index contributed by atoms with van der Waals surface area (Å²) in [4.78, 5) is 47.3. The van der Waals surface area contributed by atoms with Crippen LogP contribution in [0.2, 0.25) is 0 Å². The van der Waals surface area contributed by atoms with Gasteiger partial charge in [-0.05, 0) is 17.7 Å². The van der Waals surface area contributed by atoms with Crippen molar-refractivity contribution in [2.24, 2.45) is 0 Å². The molecule has 2 aromatic carbocycles. The van der Waals surface area contributed by atoms with Gasteiger partial charge in [0.15, 0.2) is 17.6 Å². The minimum absolute atomic E-state index is 0.0268. The summed E-state index contributed by atoms with van der Waals surface area (Å²) >= 11 is 3.85. The van der Waals surface area contributed by atoms with E-state index in [1.165, 1.54) is 39.0 Å². The number of carbonyl (C=O) groups is 4. The molecule has 0 amide bonds. The number of esters is 4. The van der Waals surface area contributed by atoms with Gasteiger partial charge in [-0.15, -0.1) is 0 Å². The molecule has 1 aliphatic rings. The van der Waals surface area contributed by atoms with Crippen LogP contribution in [0.1, 0.15) is 43.1 Å². The zero-order chi connectivity index (χ0) is 27.7. The predicted octanol–water partition coefficient (Wildman–Crippen LogP) is 3.19. The molecule has 0 bridgehead atoms. The van der Waals surface area contributed by atoms with Crippen LogP contribution < -0.4 is 8.92 Å². The van der Waals surface area contributed by atoms with E-state index in [4.69, 9.17) is 32.6 Å². The summed E-state index contributed by atoms with van der Waals surface area (Å²) in [5, 5.41) is 0. The topological polar surface area (TPSA) is 133 Å². The van der Waals surface area contributed by atoms with Gasteiger partial charge in [0.05, 0.1) is 12.0 Å². The summed E-state index contributed by atoms with van der Waals surface area (Å²) in [6.07, 6.45) is -4.06. The first-order valence-corrected chi connectivity index (χ1v) is 12.0. The van der Waals surface area contributed by atoms with E-state index in [-0.39, 0.29) is 36.7 Å². The van der Waals surface area contributed by atoms with Gasteiger partial charge in [0, 0.05) is 39.7 Å². The lowest BCUT2D eigenvalue weighted by molar-refractivity contribution is -0.245. The van der Waals surface area contributed by atoms with Gasteiger partial charge < -0.3 is 32.6 Å². The van der Waals surface area contributed by atoms with Crippen molar-refractivity contribution in [1.82, 2.24) is 0 Å². The maximum atomic E-state index is 12.5. The Bertz CT molecular complexity index is 1140. The van der Waals surface area contributed by atoms with Crippen LogP contribution >= 0.6 is 12.9 Å². The molecule has 1 fully saturated rings. The average molecular weight is 549 g/mol. The number of hydrogen-bond acceptors (Lipinski definition) is 12. The molecule has 0 spiro atoms. The number of ether oxygens (including phenoxy) is 6. The normalized spacial score (nSPS) is 20.5. The lowest BCUT2D eigenvalue weighted by atomic mass is 10.0. The molecule has 2 aromatic rings. The molecule has 12 heteroatoms. The molecule has 204 valence electrons. The van der Waals surface area contributed by atoms with Crippen molar-refractivity contribution in [2.75, 3.05) is 6.61 Å². The summed E-state index contributed by atoms with van der Waals surface area (Å²) < 4.78 is 38.0. The molecule has 0 N–H and O–H groups in total. The fraction of sp³-hybridized carbons (Fsp3) is 0.385. The third-order valence-electron chi connectivity index (χ3n) is 5.30. The van der Waals surface area contributed by atoms with Gasteiger partial charge in [0.25, 0.3) is 0 Å². The van der Waals surface area contributed by atoms with E-state index >= 15 is 0 Å². The lowest BCUT2D eigenvalue weighted by Gasteiger charge is -2.39. The maximum Gasteiger partial charge on any atom is 0.338 e. The van der Waals surface area contributed by atoms with Crippen molar-refractivity contribution in [3.63, 3.8) is 0 Å². The number of carbonyl (C=O) groups excluding carboxylic acids is 4. The van der Waals surface area contributed by atoms with E-state index in [0.717, 1.165) is 5.56 Å². The average Bonchev–Trinajstić information content (AvgIpc) is 2.87. The molecule has 38 heavy (non-hydrogen) atoms. The Balaban J connectivity index is 1.75. The van der Waals surface area contributed by atoms with Crippen molar-refractivity contribution < 1.29 is 51.8 Å². The Morgan fingerprint density at radius 1 is 0.895 bits per heavy atom. The first-order valence-electron chi connectivity index (χ1n) is 11.6. The van der Waals surface area contributed by atoms with Gasteiger partial charge in [-0.25, -0.2) is 4.79 Å². The van der Waals surface area contributed by atoms with Gasteiger partial charge in [0.1, 0.15) is 25.4 Å². The van der Waals surface area contributed by atoms with Gasteiger partial charge in [-0.1, -0.05) is 30.3 Å². The fourth-order valence-corrected chi connectivity index (χ4v) is 3.87. The highest BCUT2D eigenvalue weighted by Gasteiger charge is 2.44. The maximum absolute atomic E-state index is 12.5. The summed E-state index contributed by atoms with van der Waals surface area (Å²) in [5.74, 6) is -2.17. The third-order valence-corrected chi connectivity index (χ3v) is 5.50. The van der Waals surface area contributed by atoms with Gasteiger partial charge in [-0.2, -0.15) is 0 Å². The second kappa shape index (κ2) is 13.7. The molecule has 0 aromatic heterocycles. The Morgan fingerprint density at radius 3 is 2.24 bits per heavy atom. The van der Waals surface area contributed by atoms with Crippen LogP contribution in [-0.4, -0.2) is 55.1 Å². The minimum Gasteiger partial charge on any atom is -0.463 e. The summed E-state index contributed by atoms with van der Waals surface area (Å²) in [5.41, 5.74) is 1.03. The second-order valence-electron chi connectivity index (χ2n) is 8.30. The molecule has 1 heterocycles. The van der Waals surface area contributed by atoms with Crippen molar-refractivity contribution in [3.8, 4) is 11.5 Å². The summed E-state index contributed by atoms with van der Waals surface area (Å²) in [6.45, 7) is 3.42. The van der Waals surface area contributed by atoms with Crippen molar-refractivity contribution in [1.29, 1.82) is 0 Å². The van der Waals surface area contributed by atoms with E-state index in [1.54, 1.807) is 0 Å². The van der Waals surface area contributed by atoms with Crippen LogP contribution in [-0.2, 0) is 44.7 Å². The molecule has 0 saturated carbocycles. The van der Waals surface area contributed by atoms with E-state index in [1.807, 2.05) is 30.3 Å². The van der Waals surface area contributed by atoms with Crippen molar-refractivity contribution >= 4 is 36.8 Å². The Kier molecular flexibility index (Phi) is 10.4. The van der Waals surface area contributed by atoms with Crippen LogP contribution in [0.3, 0.4) is 0 Å². The standard InChI is InChI=1S/C26H28O11S/c1-15(27)31-14-23-25(34-17(3)29)22(33-16(2)28)12-24(36-23)35-20-10-9-19(11-21(20)37-38)26(30)32-13-18-7-5-4-6-8-18/h4-11,22-25,38H,12-14H2,1-3H3. The Morgan fingerprint density at radius 2 is 1.61 bits per heavy atom. The number of benzene rings is 2. The van der Waals surface area contributed by atoms with Gasteiger partial charge in [0.2, 0.25) is 6.29 Å². The number of rotatable bonds is 10. The second-order valence-corrected chi connectivity index (χ2v) is 8.48. The highest BCUT2D eigenvalue weighted by molar-refractivity contribution is 7.75. The van der Waals surface area contributed by atoms with E-state index in [2.05, 4.69) is 12.9 Å². The van der Waals surface area contributed by atoms with Crippen LogP contribution in [0.25, 0.3) is 0 Å². The van der Waals surface area contributed by atoms with E-state index < -0.39 is 48.5 Å². The monoisotopic (exact) mass is 548 g/mol. The summed E-state index contributed by atoms with van der Waals surface area (Å²) in [6, 6.07) is 13.5. The number of thiol groups is 1. The fourth-order valence-electron chi connectivity index (χ4n) is 3.72. The molecule has 3 rings (SSSR count). The highest BCUT2D eigenvalue weighted by atomic mass is 32.1. The van der Waals surface area contributed by atoms with Crippen LogP contribution in [0.4, 0.5) is 0 Å². The smallest absolute Gasteiger partial charge is 0.338 e. The lowest BCUT2D eigenvalue weighted by Crippen LogP contribution is -2.54. The highest BCUT2D eigenvalue weighted by Crippen LogP contribution is 2.34. The third kappa shape index (κ3) is 8.38. The largest absolute Gasteiger partial charge is 0.463 e. The van der Waals surface area contributed by atoms with Crippen molar-refractivity contribution in [2.45, 2.75) is 58.4 Å². The first kappa shape index (κ1) is 28.8. The van der Waals surface area contributed by atoms with E-state index in [9.17, 15) is 19.2 Å². The number of hydrogen-bond donors (Lipinski definition) is 1. The van der Waals surface area contributed by atoms with Gasteiger partial charge in [-0.3, -0.25) is 14.4 Å². The predicted molar refractivity (Wildman–Crippen MR) is 133 cm³/mol. The molecule has 11 nitrogen and oxygen atoms in total. The van der Waals surface area contributed by atoms with Gasteiger partial charge >= 0.3 is 23.9 Å². The SMILES string of the molecule is CC(=O)OCC1OC(Oc2ccc(C(=O)OCc3ccccc3)cc2OS)CC(OC(C)=O)C1OC(C)=O. The molecular weight excluding hydrogens is 520 g/mol. The molecule has 1 aliphatic heterocycles. The quantitative estimate of drug-likeness (QED) is 0.203. The molecular formula is C26H28O11S. The van der Waals surface area contributed by atoms with E-state index in [0.29, 0.717) is 0 Å². The molecule has 0 radical (unpaired) electrons. The molecule has 4 unspecified atom stereocenters. The first-order chi connectivity index (χ1) is 18.2. The zero-order valence-electron chi connectivity index (χ0n) is 21.0. The van der Waals surface area contributed by atoms with Crippen LogP contribution in [0.5, 0.6) is 11.5 Å². The van der Waals surface area contributed by atoms with Crippen LogP contribution in [0.15, 0.2) is 48.5 Å². The minimum atomic E-state index is -1.04. The Hall–Kier alpha value is -3.77. The van der Waals surface area contributed by atoms with Crippen molar-refractivity contribution in [3.05, 3.63) is 59.7 Å². The molecule has 4 atom stereocenters. The summed E-state index contributed by atoms with van der Waals surface area (Å²) in [7, 11) is 0. The Labute approximate surface area is 224 Å². The van der Waals surface area contributed by atoms with Crippen LogP contribution in [0, 0.1) is 0 Å². The zero-order valence-corrected chi connectivity index (χ0v) is 21.9.